The molecule has 0 bridgehead atoms. The number of carbonyl (C=O) groups excluding carboxylic acids is 1. The molecule has 7 heteroatoms. The molecule has 0 aliphatic carbocycles. The molecule has 0 unspecified atom stereocenters. The Balaban J connectivity index is 1.58. The molecular weight excluding hydrogens is 452 g/mol. The summed E-state index contributed by atoms with van der Waals surface area (Å²) < 4.78 is 2.01. The van der Waals surface area contributed by atoms with Crippen molar-refractivity contribution in [1.82, 2.24) is 14.8 Å². The number of thioether (sulfide) groups is 1. The summed E-state index contributed by atoms with van der Waals surface area (Å²) in [5.41, 5.74) is 3.94. The van der Waals surface area contributed by atoms with Gasteiger partial charge in [0.05, 0.1) is 16.8 Å². The zero-order valence-corrected chi connectivity index (χ0v) is 20.1. The van der Waals surface area contributed by atoms with E-state index < -0.39 is 0 Å². The quantitative estimate of drug-likeness (QED) is 0.302. The van der Waals surface area contributed by atoms with E-state index in [0.29, 0.717) is 22.5 Å². The fourth-order valence-corrected chi connectivity index (χ4v) is 4.47. The van der Waals surface area contributed by atoms with Gasteiger partial charge < -0.3 is 5.32 Å². The molecule has 33 heavy (non-hydrogen) atoms. The molecule has 0 spiro atoms. The molecule has 1 amide bonds. The first-order valence-electron chi connectivity index (χ1n) is 10.8. The van der Waals surface area contributed by atoms with Crippen LogP contribution in [-0.2, 0) is 17.8 Å². The van der Waals surface area contributed by atoms with Crippen molar-refractivity contribution in [1.29, 1.82) is 0 Å². The highest BCUT2D eigenvalue weighted by atomic mass is 35.5. The van der Waals surface area contributed by atoms with Gasteiger partial charge in [-0.3, -0.25) is 9.36 Å². The van der Waals surface area contributed by atoms with Gasteiger partial charge in [-0.25, -0.2) is 0 Å². The van der Waals surface area contributed by atoms with Crippen molar-refractivity contribution in [3.8, 4) is 11.4 Å². The molecule has 5 nitrogen and oxygen atoms in total. The third kappa shape index (κ3) is 5.64. The smallest absolute Gasteiger partial charge is 0.237 e. The first-order valence-corrected chi connectivity index (χ1v) is 12.1. The molecule has 4 rings (SSSR count). The van der Waals surface area contributed by atoms with Crippen LogP contribution in [0.4, 0.5) is 5.69 Å². The maximum atomic E-state index is 12.9. The number of anilines is 1. The van der Waals surface area contributed by atoms with E-state index in [1.807, 2.05) is 78.2 Å². The van der Waals surface area contributed by atoms with Gasteiger partial charge in [0.2, 0.25) is 5.91 Å². The van der Waals surface area contributed by atoms with Crippen molar-refractivity contribution in [2.75, 3.05) is 5.32 Å². The number of benzene rings is 3. The molecule has 0 saturated carbocycles. The third-order valence-electron chi connectivity index (χ3n) is 5.30. The Morgan fingerprint density at radius 3 is 2.36 bits per heavy atom. The second-order valence-electron chi connectivity index (χ2n) is 7.66. The van der Waals surface area contributed by atoms with Gasteiger partial charge in [0, 0.05) is 11.3 Å². The lowest BCUT2D eigenvalue weighted by molar-refractivity contribution is -0.115. The average Bonchev–Trinajstić information content (AvgIpc) is 3.22. The Morgan fingerprint density at radius 1 is 0.970 bits per heavy atom. The van der Waals surface area contributed by atoms with Gasteiger partial charge >= 0.3 is 0 Å². The second-order valence-corrected chi connectivity index (χ2v) is 9.37. The monoisotopic (exact) mass is 476 g/mol. The van der Waals surface area contributed by atoms with Crippen LogP contribution in [-0.4, -0.2) is 25.9 Å². The number of halogens is 1. The largest absolute Gasteiger partial charge is 0.325 e. The molecule has 168 valence electrons. The number of hydrogen-bond donors (Lipinski definition) is 1. The Bertz CT molecular complexity index is 1220. The molecule has 0 saturated heterocycles. The van der Waals surface area contributed by atoms with Crippen LogP contribution in [0.3, 0.4) is 0 Å². The summed E-state index contributed by atoms with van der Waals surface area (Å²) in [6, 6.07) is 25.6. The van der Waals surface area contributed by atoms with E-state index in [-0.39, 0.29) is 11.2 Å². The molecule has 0 aliphatic rings. The molecule has 0 radical (unpaired) electrons. The molecule has 1 atom stereocenters. The number of nitrogens with zero attached hydrogens (tertiary/aromatic N) is 3. The van der Waals surface area contributed by atoms with Crippen molar-refractivity contribution in [2.45, 2.75) is 37.2 Å². The predicted octanol–water partition coefficient (Wildman–Crippen LogP) is 6.33. The van der Waals surface area contributed by atoms with Crippen LogP contribution in [0, 0.1) is 0 Å². The van der Waals surface area contributed by atoms with Gasteiger partial charge in [-0.15, -0.1) is 10.2 Å². The summed E-state index contributed by atoms with van der Waals surface area (Å²) in [6.07, 6.45) is 0.964. The average molecular weight is 477 g/mol. The minimum atomic E-state index is -0.367. The van der Waals surface area contributed by atoms with Crippen molar-refractivity contribution in [3.05, 3.63) is 95.0 Å². The van der Waals surface area contributed by atoms with Crippen molar-refractivity contribution in [3.63, 3.8) is 0 Å². The lowest BCUT2D eigenvalue weighted by Gasteiger charge is -2.14. The van der Waals surface area contributed by atoms with Crippen LogP contribution in [0.1, 0.15) is 25.0 Å². The van der Waals surface area contributed by atoms with Gasteiger partial charge in [-0.1, -0.05) is 84.9 Å². The summed E-state index contributed by atoms with van der Waals surface area (Å²) in [5.74, 6) is 0.590. The van der Waals surface area contributed by atoms with Crippen LogP contribution in [0.2, 0.25) is 5.02 Å². The number of carbonyl (C=O) groups is 1. The lowest BCUT2D eigenvalue weighted by atomic mass is 10.1. The molecule has 1 heterocycles. The molecule has 4 aromatic rings. The SMILES string of the molecule is CCc1ccc(NC(=O)[C@H](C)Sc2nnc(-c3ccccc3Cl)n2Cc2ccccc2)cc1. The maximum absolute atomic E-state index is 12.9. The van der Waals surface area contributed by atoms with E-state index in [0.717, 1.165) is 23.2 Å². The fraction of sp³-hybridized carbons (Fsp3) is 0.192. The summed E-state index contributed by atoms with van der Waals surface area (Å²) in [5, 5.41) is 12.8. The molecule has 0 aliphatic heterocycles. The third-order valence-corrected chi connectivity index (χ3v) is 6.71. The first-order chi connectivity index (χ1) is 16.0. The zero-order valence-electron chi connectivity index (χ0n) is 18.5. The van der Waals surface area contributed by atoms with E-state index in [1.165, 1.54) is 17.3 Å². The van der Waals surface area contributed by atoms with Crippen LogP contribution in [0.25, 0.3) is 11.4 Å². The number of hydrogen-bond acceptors (Lipinski definition) is 4. The van der Waals surface area contributed by atoms with Crippen LogP contribution in [0.5, 0.6) is 0 Å². The molecule has 0 fully saturated rings. The van der Waals surface area contributed by atoms with Crippen molar-refractivity contribution in [2.24, 2.45) is 0 Å². The van der Waals surface area contributed by atoms with E-state index in [9.17, 15) is 4.79 Å². The summed E-state index contributed by atoms with van der Waals surface area (Å²) in [6.45, 7) is 4.55. The second kappa shape index (κ2) is 10.7. The van der Waals surface area contributed by atoms with Gasteiger partial charge in [0.1, 0.15) is 0 Å². The summed E-state index contributed by atoms with van der Waals surface area (Å²) >= 11 is 7.84. The highest BCUT2D eigenvalue weighted by Gasteiger charge is 2.22. The lowest BCUT2D eigenvalue weighted by Crippen LogP contribution is -2.23. The Kier molecular flexibility index (Phi) is 7.47. The van der Waals surface area contributed by atoms with Gasteiger partial charge in [0.25, 0.3) is 0 Å². The number of aryl methyl sites for hydroxylation is 1. The molecule has 3 aromatic carbocycles. The summed E-state index contributed by atoms with van der Waals surface area (Å²) in [7, 11) is 0. The minimum absolute atomic E-state index is 0.0854. The Labute approximate surface area is 203 Å². The van der Waals surface area contributed by atoms with E-state index in [1.54, 1.807) is 0 Å². The van der Waals surface area contributed by atoms with Gasteiger partial charge in [-0.2, -0.15) is 0 Å². The number of aromatic nitrogens is 3. The van der Waals surface area contributed by atoms with Crippen LogP contribution >= 0.6 is 23.4 Å². The van der Waals surface area contributed by atoms with Crippen molar-refractivity contribution >= 4 is 35.0 Å². The highest BCUT2D eigenvalue weighted by molar-refractivity contribution is 8.00. The minimum Gasteiger partial charge on any atom is -0.325 e. The van der Waals surface area contributed by atoms with E-state index >= 15 is 0 Å². The maximum Gasteiger partial charge on any atom is 0.237 e. The topological polar surface area (TPSA) is 59.8 Å². The van der Waals surface area contributed by atoms with E-state index in [4.69, 9.17) is 11.6 Å². The van der Waals surface area contributed by atoms with Crippen molar-refractivity contribution < 1.29 is 4.79 Å². The number of nitrogens with one attached hydrogen (secondary N) is 1. The van der Waals surface area contributed by atoms with Gasteiger partial charge in [-0.05, 0) is 48.7 Å². The number of rotatable bonds is 8. The Morgan fingerprint density at radius 2 is 1.67 bits per heavy atom. The van der Waals surface area contributed by atoms with Crippen LogP contribution in [0.15, 0.2) is 84.0 Å². The predicted molar refractivity (Wildman–Crippen MR) is 136 cm³/mol. The van der Waals surface area contributed by atoms with Gasteiger partial charge in [0.15, 0.2) is 11.0 Å². The number of amides is 1. The molecule has 1 aromatic heterocycles. The summed E-state index contributed by atoms with van der Waals surface area (Å²) in [4.78, 5) is 12.9. The normalized spacial score (nSPS) is 11.8. The fourth-order valence-electron chi connectivity index (χ4n) is 3.41. The van der Waals surface area contributed by atoms with E-state index in [2.05, 4.69) is 34.6 Å². The Hall–Kier alpha value is -3.09. The zero-order chi connectivity index (χ0) is 23.2. The molecular formula is C26H25ClN4OS. The van der Waals surface area contributed by atoms with Crippen LogP contribution < -0.4 is 5.32 Å². The molecule has 1 N–H and O–H groups in total. The highest BCUT2D eigenvalue weighted by Crippen LogP contribution is 2.31. The standard InChI is InChI=1S/C26H25ClN4OS/c1-3-19-13-15-21(16-14-19)28-25(32)18(2)33-26-30-29-24(22-11-7-8-12-23(22)27)31(26)17-20-9-5-4-6-10-20/h4-16,18H,3,17H2,1-2H3,(H,28,32)/t18-/m0/s1. The first kappa shape index (κ1) is 23.1.